The quantitative estimate of drug-likeness (QED) is 0.560. The minimum atomic E-state index is -4.21. The second-order valence-electron chi connectivity index (χ2n) is 7.57. The molecule has 32 heavy (non-hydrogen) atoms. The van der Waals surface area contributed by atoms with Gasteiger partial charge in [0.1, 0.15) is 18.2 Å². The van der Waals surface area contributed by atoms with Crippen LogP contribution in [-0.2, 0) is 14.8 Å². The van der Waals surface area contributed by atoms with Crippen molar-refractivity contribution in [1.29, 1.82) is 0 Å². The van der Waals surface area contributed by atoms with Gasteiger partial charge in [-0.3, -0.25) is 9.10 Å². The first-order valence-electron chi connectivity index (χ1n) is 9.98. The SMILES string of the molecule is Cc1ccc(C(C)NC(=O)CN(c2ccc(F)cc2)S(=O)(=O)c2ccc(F)cc2)cc1C. The molecule has 1 unspecified atom stereocenters. The van der Waals surface area contributed by atoms with Crippen molar-refractivity contribution in [2.45, 2.75) is 31.7 Å². The molecule has 0 aliphatic heterocycles. The topological polar surface area (TPSA) is 66.5 Å². The molecule has 0 saturated heterocycles. The fourth-order valence-electron chi connectivity index (χ4n) is 3.19. The lowest BCUT2D eigenvalue weighted by molar-refractivity contribution is -0.120. The van der Waals surface area contributed by atoms with E-state index >= 15 is 0 Å². The third-order valence-corrected chi connectivity index (χ3v) is 7.00. The molecule has 0 aliphatic carbocycles. The Morgan fingerprint density at radius 1 is 0.906 bits per heavy atom. The Morgan fingerprint density at radius 3 is 2.03 bits per heavy atom. The molecule has 1 amide bonds. The molecule has 1 atom stereocenters. The molecule has 0 bridgehead atoms. The van der Waals surface area contributed by atoms with Crippen LogP contribution in [0, 0.1) is 25.5 Å². The van der Waals surface area contributed by atoms with Gasteiger partial charge in [0, 0.05) is 0 Å². The van der Waals surface area contributed by atoms with Crippen LogP contribution in [0.25, 0.3) is 0 Å². The molecule has 0 spiro atoms. The minimum Gasteiger partial charge on any atom is -0.348 e. The van der Waals surface area contributed by atoms with E-state index in [4.69, 9.17) is 0 Å². The molecule has 0 aliphatic rings. The fourth-order valence-corrected chi connectivity index (χ4v) is 4.61. The van der Waals surface area contributed by atoms with Crippen LogP contribution < -0.4 is 9.62 Å². The van der Waals surface area contributed by atoms with Gasteiger partial charge in [-0.05, 0) is 86.0 Å². The van der Waals surface area contributed by atoms with Gasteiger partial charge in [0.15, 0.2) is 0 Å². The van der Waals surface area contributed by atoms with Gasteiger partial charge in [0.25, 0.3) is 10.0 Å². The van der Waals surface area contributed by atoms with E-state index in [9.17, 15) is 22.0 Å². The van der Waals surface area contributed by atoms with Crippen LogP contribution in [0.2, 0.25) is 0 Å². The first-order chi connectivity index (χ1) is 15.1. The van der Waals surface area contributed by atoms with Crippen molar-refractivity contribution < 1.29 is 22.0 Å². The fraction of sp³-hybridized carbons (Fsp3) is 0.208. The summed E-state index contributed by atoms with van der Waals surface area (Å²) in [7, 11) is -4.21. The summed E-state index contributed by atoms with van der Waals surface area (Å²) in [6.07, 6.45) is 0. The molecule has 0 heterocycles. The van der Waals surface area contributed by atoms with Crippen molar-refractivity contribution in [3.63, 3.8) is 0 Å². The smallest absolute Gasteiger partial charge is 0.264 e. The number of benzene rings is 3. The van der Waals surface area contributed by atoms with Crippen LogP contribution in [-0.4, -0.2) is 20.9 Å². The highest BCUT2D eigenvalue weighted by Gasteiger charge is 2.28. The number of carbonyl (C=O) groups excluding carboxylic acids is 1. The number of anilines is 1. The maximum atomic E-state index is 13.4. The van der Waals surface area contributed by atoms with Gasteiger partial charge in [-0.1, -0.05) is 18.2 Å². The summed E-state index contributed by atoms with van der Waals surface area (Å²) in [4.78, 5) is 12.6. The Labute approximate surface area is 186 Å². The summed E-state index contributed by atoms with van der Waals surface area (Å²) in [6.45, 7) is 5.24. The van der Waals surface area contributed by atoms with E-state index in [1.54, 1.807) is 6.92 Å². The standard InChI is InChI=1S/C24H24F2N2O3S/c1-16-4-5-19(14-17(16)2)18(3)27-24(29)15-28(22-10-6-20(25)7-11-22)32(30,31)23-12-8-21(26)9-13-23/h4-14,18H,15H2,1-3H3,(H,27,29). The average molecular weight is 459 g/mol. The van der Waals surface area contributed by atoms with E-state index in [2.05, 4.69) is 5.32 Å². The van der Waals surface area contributed by atoms with Gasteiger partial charge in [0.05, 0.1) is 16.6 Å². The van der Waals surface area contributed by atoms with E-state index in [-0.39, 0.29) is 16.6 Å². The number of amides is 1. The zero-order valence-electron chi connectivity index (χ0n) is 18.0. The molecule has 8 heteroatoms. The second-order valence-corrected chi connectivity index (χ2v) is 9.44. The molecule has 1 N–H and O–H groups in total. The zero-order valence-corrected chi connectivity index (χ0v) is 18.8. The van der Waals surface area contributed by atoms with Crippen molar-refractivity contribution in [1.82, 2.24) is 5.32 Å². The predicted octanol–water partition coefficient (Wildman–Crippen LogP) is 4.65. The van der Waals surface area contributed by atoms with Gasteiger partial charge in [-0.15, -0.1) is 0 Å². The number of hydrogen-bond acceptors (Lipinski definition) is 3. The van der Waals surface area contributed by atoms with E-state index in [0.29, 0.717) is 0 Å². The Morgan fingerprint density at radius 2 is 1.47 bits per heavy atom. The Bertz CT molecular complexity index is 1210. The summed E-state index contributed by atoms with van der Waals surface area (Å²) >= 11 is 0. The minimum absolute atomic E-state index is 0.115. The van der Waals surface area contributed by atoms with Gasteiger partial charge in [-0.2, -0.15) is 0 Å². The lowest BCUT2D eigenvalue weighted by Gasteiger charge is -2.25. The van der Waals surface area contributed by atoms with E-state index < -0.39 is 34.1 Å². The first-order valence-corrected chi connectivity index (χ1v) is 11.4. The summed E-state index contributed by atoms with van der Waals surface area (Å²) in [5.41, 5.74) is 3.21. The molecule has 168 valence electrons. The van der Waals surface area contributed by atoms with Gasteiger partial charge in [-0.25, -0.2) is 17.2 Å². The molecule has 0 aromatic heterocycles. The van der Waals surface area contributed by atoms with Gasteiger partial charge in [0.2, 0.25) is 5.91 Å². The highest BCUT2D eigenvalue weighted by molar-refractivity contribution is 7.92. The monoisotopic (exact) mass is 458 g/mol. The number of aryl methyl sites for hydroxylation is 2. The van der Waals surface area contributed by atoms with E-state index in [1.807, 2.05) is 32.0 Å². The van der Waals surface area contributed by atoms with Crippen LogP contribution >= 0.6 is 0 Å². The Hall–Kier alpha value is -3.26. The summed E-state index contributed by atoms with van der Waals surface area (Å²) in [5.74, 6) is -1.66. The maximum absolute atomic E-state index is 13.4. The van der Waals surface area contributed by atoms with Crippen molar-refractivity contribution in [3.05, 3.63) is 95.1 Å². The second kappa shape index (κ2) is 9.48. The molecule has 0 fully saturated rings. The van der Waals surface area contributed by atoms with Crippen molar-refractivity contribution in [3.8, 4) is 0 Å². The maximum Gasteiger partial charge on any atom is 0.264 e. The normalized spacial score (nSPS) is 12.3. The molecule has 0 saturated carbocycles. The van der Waals surface area contributed by atoms with Crippen LogP contribution in [0.1, 0.15) is 29.7 Å². The van der Waals surface area contributed by atoms with Crippen LogP contribution in [0.4, 0.5) is 14.5 Å². The number of nitrogens with one attached hydrogen (secondary N) is 1. The number of nitrogens with zero attached hydrogens (tertiary/aromatic N) is 1. The van der Waals surface area contributed by atoms with E-state index in [1.165, 1.54) is 12.1 Å². The third-order valence-electron chi connectivity index (χ3n) is 5.21. The third kappa shape index (κ3) is 5.31. The van der Waals surface area contributed by atoms with Gasteiger partial charge < -0.3 is 5.32 Å². The Kier molecular flexibility index (Phi) is 6.93. The molecular formula is C24H24F2N2O3S. The lowest BCUT2D eigenvalue weighted by Crippen LogP contribution is -2.41. The van der Waals surface area contributed by atoms with Gasteiger partial charge >= 0.3 is 0 Å². The summed E-state index contributed by atoms with van der Waals surface area (Å²) in [6, 6.07) is 14.5. The highest BCUT2D eigenvalue weighted by atomic mass is 32.2. The molecule has 3 rings (SSSR count). The van der Waals surface area contributed by atoms with Crippen molar-refractivity contribution in [2.75, 3.05) is 10.8 Å². The summed E-state index contributed by atoms with van der Waals surface area (Å²) < 4.78 is 54.0. The van der Waals surface area contributed by atoms with Crippen LogP contribution in [0.15, 0.2) is 71.6 Å². The van der Waals surface area contributed by atoms with Crippen LogP contribution in [0.5, 0.6) is 0 Å². The predicted molar refractivity (Wildman–Crippen MR) is 120 cm³/mol. The number of carbonyl (C=O) groups is 1. The van der Waals surface area contributed by atoms with Crippen LogP contribution in [0.3, 0.4) is 0 Å². The number of rotatable bonds is 7. The van der Waals surface area contributed by atoms with Crippen molar-refractivity contribution >= 4 is 21.6 Å². The summed E-state index contributed by atoms with van der Waals surface area (Å²) in [5, 5.41) is 2.81. The first kappa shape index (κ1) is 23.4. The molecule has 0 radical (unpaired) electrons. The largest absolute Gasteiger partial charge is 0.348 e. The van der Waals surface area contributed by atoms with E-state index in [0.717, 1.165) is 57.4 Å². The molecule has 3 aromatic carbocycles. The molecule has 3 aromatic rings. The average Bonchev–Trinajstić information content (AvgIpc) is 2.75. The number of halogens is 2. The number of sulfonamides is 1. The molecular weight excluding hydrogens is 434 g/mol. The molecule has 5 nitrogen and oxygen atoms in total. The van der Waals surface area contributed by atoms with Crippen molar-refractivity contribution in [2.24, 2.45) is 0 Å². The zero-order chi connectivity index (χ0) is 23.5. The number of hydrogen-bond donors (Lipinski definition) is 1. The highest BCUT2D eigenvalue weighted by Crippen LogP contribution is 2.24. The lowest BCUT2D eigenvalue weighted by atomic mass is 10.0. The Balaban J connectivity index is 1.88.